The lowest BCUT2D eigenvalue weighted by Crippen LogP contribution is -2.51. The Labute approximate surface area is 260 Å². The molecule has 0 radical (unpaired) electrons. The fraction of sp³-hybridized carbons (Fsp3) is 0.355. The molecule has 2 aliphatic rings. The molecule has 12 heteroatoms. The Morgan fingerprint density at radius 2 is 1.74 bits per heavy atom. The van der Waals surface area contributed by atoms with E-state index in [4.69, 9.17) is 27.9 Å². The zero-order valence-corrected chi connectivity index (χ0v) is 26.1. The van der Waals surface area contributed by atoms with E-state index < -0.39 is 27.4 Å². The van der Waals surface area contributed by atoms with Crippen LogP contribution in [0.15, 0.2) is 65.6 Å². The molecule has 43 heavy (non-hydrogen) atoms. The highest BCUT2D eigenvalue weighted by Crippen LogP contribution is 2.45. The van der Waals surface area contributed by atoms with Gasteiger partial charge in [0.2, 0.25) is 5.91 Å². The van der Waals surface area contributed by atoms with Crippen molar-refractivity contribution in [3.8, 4) is 0 Å². The molecule has 8 nitrogen and oxygen atoms in total. The standard InChI is InChI=1S/C31H32Cl2FN3O5S/c1-36-28-10-6-22(34)18-25(28)31(42-30(36)39)12-15-37(16-13-31)14-11-24(21-5-9-26(32)27(33)17-21)29(38)35-19-20-3-7-23(8-4-20)43(2,40)41/h3-10,17-18,24H,11-16,19H2,1-2H3,(H,35,38). The van der Waals surface area contributed by atoms with E-state index in [0.717, 1.165) is 17.4 Å². The van der Waals surface area contributed by atoms with Gasteiger partial charge >= 0.3 is 6.09 Å². The van der Waals surface area contributed by atoms with Gasteiger partial charge in [0, 0.05) is 51.3 Å². The van der Waals surface area contributed by atoms with Crippen LogP contribution in [0.3, 0.4) is 0 Å². The van der Waals surface area contributed by atoms with Gasteiger partial charge in [-0.2, -0.15) is 0 Å². The number of nitrogens with one attached hydrogen (secondary N) is 1. The van der Waals surface area contributed by atoms with Crippen molar-refractivity contribution in [1.29, 1.82) is 0 Å². The SMILES string of the molecule is CN1C(=O)OC2(CCN(CCC(C(=O)NCc3ccc(S(C)(=O)=O)cc3)c3ccc(Cl)c(Cl)c3)CC2)c2cc(F)ccc21. The van der Waals surface area contributed by atoms with Gasteiger partial charge in [0.15, 0.2) is 9.84 Å². The van der Waals surface area contributed by atoms with Gasteiger partial charge in [0.25, 0.3) is 0 Å². The predicted octanol–water partition coefficient (Wildman–Crippen LogP) is 5.90. The first-order valence-electron chi connectivity index (χ1n) is 13.9. The van der Waals surface area contributed by atoms with E-state index in [0.29, 0.717) is 60.2 Å². The van der Waals surface area contributed by atoms with Crippen LogP contribution in [0.2, 0.25) is 10.0 Å². The maximum atomic E-state index is 14.2. The van der Waals surface area contributed by atoms with Crippen molar-refractivity contribution >= 4 is 50.7 Å². The molecule has 1 fully saturated rings. The summed E-state index contributed by atoms with van der Waals surface area (Å²) in [4.78, 5) is 29.9. The molecule has 2 amide bonds. The topological polar surface area (TPSA) is 96.0 Å². The molecule has 1 unspecified atom stereocenters. The summed E-state index contributed by atoms with van der Waals surface area (Å²) in [6.45, 7) is 1.99. The van der Waals surface area contributed by atoms with Gasteiger partial charge in [0.1, 0.15) is 11.4 Å². The number of hydrogen-bond donors (Lipinski definition) is 1. The highest BCUT2D eigenvalue weighted by Gasteiger charge is 2.46. The number of fused-ring (bicyclic) bond motifs is 2. The lowest BCUT2D eigenvalue weighted by molar-refractivity contribution is -0.123. The first-order valence-corrected chi connectivity index (χ1v) is 16.5. The zero-order valence-electron chi connectivity index (χ0n) is 23.8. The van der Waals surface area contributed by atoms with Gasteiger partial charge in [0.05, 0.1) is 26.5 Å². The number of ether oxygens (including phenoxy) is 1. The summed E-state index contributed by atoms with van der Waals surface area (Å²) in [7, 11) is -1.70. The lowest BCUT2D eigenvalue weighted by Gasteiger charge is -2.46. The van der Waals surface area contributed by atoms with Crippen molar-refractivity contribution in [1.82, 2.24) is 10.2 Å². The monoisotopic (exact) mass is 647 g/mol. The van der Waals surface area contributed by atoms with E-state index >= 15 is 0 Å². The van der Waals surface area contributed by atoms with Gasteiger partial charge in [-0.05, 0) is 66.6 Å². The van der Waals surface area contributed by atoms with Gasteiger partial charge in [-0.1, -0.05) is 41.4 Å². The molecule has 1 atom stereocenters. The Kier molecular flexibility index (Phi) is 9.04. The highest BCUT2D eigenvalue weighted by atomic mass is 35.5. The summed E-state index contributed by atoms with van der Waals surface area (Å²) in [6.07, 6.45) is 2.16. The molecule has 3 aromatic rings. The summed E-state index contributed by atoms with van der Waals surface area (Å²) in [5, 5.41) is 3.71. The number of rotatable bonds is 8. The van der Waals surface area contributed by atoms with E-state index in [1.54, 1.807) is 43.4 Å². The third kappa shape index (κ3) is 6.82. The Balaban J connectivity index is 1.27. The lowest BCUT2D eigenvalue weighted by atomic mass is 9.81. The van der Waals surface area contributed by atoms with E-state index in [9.17, 15) is 22.4 Å². The van der Waals surface area contributed by atoms with Crippen LogP contribution >= 0.6 is 23.2 Å². The fourth-order valence-electron chi connectivity index (χ4n) is 5.72. The van der Waals surface area contributed by atoms with Crippen LogP contribution in [0.25, 0.3) is 0 Å². The Morgan fingerprint density at radius 3 is 2.40 bits per heavy atom. The van der Waals surface area contributed by atoms with Crippen LogP contribution in [0.1, 0.15) is 41.9 Å². The second-order valence-electron chi connectivity index (χ2n) is 11.1. The number of carbonyl (C=O) groups is 2. The van der Waals surface area contributed by atoms with Crippen LogP contribution in [0.4, 0.5) is 14.9 Å². The summed E-state index contributed by atoms with van der Waals surface area (Å²) >= 11 is 12.4. The van der Waals surface area contributed by atoms with Gasteiger partial charge in [-0.15, -0.1) is 0 Å². The number of halogens is 3. The molecule has 0 aromatic heterocycles. The molecular formula is C31H32Cl2FN3O5S. The summed E-state index contributed by atoms with van der Waals surface area (Å²) in [6, 6.07) is 15.9. The second kappa shape index (κ2) is 12.4. The van der Waals surface area contributed by atoms with E-state index in [1.807, 2.05) is 0 Å². The van der Waals surface area contributed by atoms with Crippen molar-refractivity contribution in [2.45, 2.75) is 42.2 Å². The minimum absolute atomic E-state index is 0.201. The van der Waals surface area contributed by atoms with Gasteiger partial charge in [-0.25, -0.2) is 17.6 Å². The number of nitrogens with zero attached hydrogens (tertiary/aromatic N) is 2. The first-order chi connectivity index (χ1) is 20.4. The van der Waals surface area contributed by atoms with Gasteiger partial charge < -0.3 is 15.0 Å². The maximum Gasteiger partial charge on any atom is 0.414 e. The second-order valence-corrected chi connectivity index (χ2v) is 13.9. The number of likely N-dealkylation sites (tertiary alicyclic amines) is 1. The minimum atomic E-state index is -3.32. The van der Waals surface area contributed by atoms with Crippen molar-refractivity contribution in [2.75, 3.05) is 37.8 Å². The Hall–Kier alpha value is -3.18. The van der Waals surface area contributed by atoms with Crippen LogP contribution in [0, 0.1) is 5.82 Å². The molecular weight excluding hydrogens is 616 g/mol. The molecule has 2 aliphatic heterocycles. The average molecular weight is 649 g/mol. The fourth-order valence-corrected chi connectivity index (χ4v) is 6.66. The first kappa shape index (κ1) is 31.3. The third-order valence-electron chi connectivity index (χ3n) is 8.25. The Morgan fingerprint density at radius 1 is 1.05 bits per heavy atom. The molecule has 228 valence electrons. The minimum Gasteiger partial charge on any atom is -0.437 e. The number of sulfone groups is 1. The largest absolute Gasteiger partial charge is 0.437 e. The summed E-state index contributed by atoms with van der Waals surface area (Å²) in [5.41, 5.74) is 1.91. The zero-order chi connectivity index (χ0) is 30.9. The van der Waals surface area contributed by atoms with Crippen molar-refractivity contribution < 1.29 is 27.1 Å². The van der Waals surface area contributed by atoms with E-state index in [-0.39, 0.29) is 23.2 Å². The normalized spacial score (nSPS) is 17.3. The number of amides is 2. The van der Waals surface area contributed by atoms with Crippen molar-refractivity contribution in [2.24, 2.45) is 0 Å². The molecule has 1 spiro atoms. The maximum absolute atomic E-state index is 14.2. The van der Waals surface area contributed by atoms with Gasteiger partial charge in [-0.3, -0.25) is 9.69 Å². The van der Waals surface area contributed by atoms with Crippen LogP contribution in [-0.2, 0) is 31.5 Å². The highest BCUT2D eigenvalue weighted by molar-refractivity contribution is 7.90. The smallest absolute Gasteiger partial charge is 0.414 e. The molecule has 0 aliphatic carbocycles. The average Bonchev–Trinajstić information content (AvgIpc) is 2.97. The van der Waals surface area contributed by atoms with E-state index in [1.165, 1.54) is 29.2 Å². The van der Waals surface area contributed by atoms with Crippen molar-refractivity contribution in [3.63, 3.8) is 0 Å². The molecule has 0 saturated carbocycles. The Bertz CT molecular complexity index is 1640. The third-order valence-corrected chi connectivity index (χ3v) is 10.1. The molecule has 5 rings (SSSR count). The van der Waals surface area contributed by atoms with E-state index in [2.05, 4.69) is 10.2 Å². The number of hydrogen-bond acceptors (Lipinski definition) is 6. The number of anilines is 1. The predicted molar refractivity (Wildman–Crippen MR) is 164 cm³/mol. The molecule has 1 N–H and O–H groups in total. The van der Waals surface area contributed by atoms with Crippen LogP contribution in [-0.4, -0.2) is 58.3 Å². The van der Waals surface area contributed by atoms with Crippen LogP contribution in [0.5, 0.6) is 0 Å². The molecule has 0 bridgehead atoms. The number of carbonyl (C=O) groups excluding carboxylic acids is 2. The molecule has 3 aromatic carbocycles. The number of piperidine rings is 1. The summed E-state index contributed by atoms with van der Waals surface area (Å²) in [5.74, 6) is -1.11. The summed E-state index contributed by atoms with van der Waals surface area (Å²) < 4.78 is 43.6. The van der Waals surface area contributed by atoms with Crippen molar-refractivity contribution in [3.05, 3.63) is 93.2 Å². The van der Waals surface area contributed by atoms with Crippen LogP contribution < -0.4 is 10.2 Å². The quantitative estimate of drug-likeness (QED) is 0.327. The molecule has 1 saturated heterocycles. The molecule has 2 heterocycles. The number of benzene rings is 3.